The molecule has 1 aliphatic rings. The molecule has 1 fully saturated rings. The summed E-state index contributed by atoms with van der Waals surface area (Å²) in [6.45, 7) is 3.77. The summed E-state index contributed by atoms with van der Waals surface area (Å²) in [5.41, 5.74) is 0.614. The van der Waals surface area contributed by atoms with Crippen molar-refractivity contribution < 1.29 is 18.5 Å². The fourth-order valence-corrected chi connectivity index (χ4v) is 3.31. The highest BCUT2D eigenvalue weighted by Crippen LogP contribution is 2.40. The van der Waals surface area contributed by atoms with Crippen LogP contribution in [0.5, 0.6) is 0 Å². The van der Waals surface area contributed by atoms with Crippen molar-refractivity contribution in [2.75, 3.05) is 5.32 Å². The molecule has 150 valence electrons. The molecule has 1 aliphatic carbocycles. The van der Waals surface area contributed by atoms with Gasteiger partial charge in [-0.3, -0.25) is 14.9 Å². The van der Waals surface area contributed by atoms with E-state index in [2.05, 4.69) is 22.2 Å². The first-order valence-electron chi connectivity index (χ1n) is 9.26. The molecule has 0 radical (unpaired) electrons. The number of nitro benzene ring substituents is 1. The Labute approximate surface area is 165 Å². The smallest absolute Gasteiger partial charge is 0.305 e. The van der Waals surface area contributed by atoms with Gasteiger partial charge in [-0.25, -0.2) is 9.97 Å². The minimum absolute atomic E-state index is 0.0418. The number of furan rings is 1. The molecule has 8 nitrogen and oxygen atoms in total. The number of nitro groups is 1. The predicted octanol–water partition coefficient (Wildman–Crippen LogP) is 4.36. The van der Waals surface area contributed by atoms with E-state index in [4.69, 9.17) is 4.42 Å². The fraction of sp³-hybridized carbons (Fsp3) is 0.350. The Balaban J connectivity index is 1.61. The Bertz CT molecular complexity index is 1140. The van der Waals surface area contributed by atoms with Gasteiger partial charge in [0.1, 0.15) is 17.9 Å². The molecule has 0 spiro atoms. The topological polar surface area (TPSA) is 111 Å². The molecular weight excluding hydrogens is 379 g/mol. The van der Waals surface area contributed by atoms with Crippen LogP contribution < -0.4 is 5.32 Å². The van der Waals surface area contributed by atoms with E-state index >= 15 is 0 Å². The summed E-state index contributed by atoms with van der Waals surface area (Å²) < 4.78 is 19.2. The Kier molecular flexibility index (Phi) is 4.52. The van der Waals surface area contributed by atoms with Gasteiger partial charge in [-0.15, -0.1) is 0 Å². The second-order valence-electron chi connectivity index (χ2n) is 7.59. The number of hydrogen-bond acceptors (Lipinski definition) is 7. The molecule has 29 heavy (non-hydrogen) atoms. The third-order valence-electron chi connectivity index (χ3n) is 5.21. The number of rotatable bonds is 7. The van der Waals surface area contributed by atoms with Gasteiger partial charge in [0.05, 0.1) is 15.9 Å². The number of halogens is 1. The van der Waals surface area contributed by atoms with E-state index in [1.807, 2.05) is 0 Å². The Hall–Kier alpha value is -3.36. The number of carbonyl (C=O) groups excluding carboxylic acids is 1. The highest BCUT2D eigenvalue weighted by atomic mass is 19.1. The lowest BCUT2D eigenvalue weighted by Gasteiger charge is -2.13. The minimum Gasteiger partial charge on any atom is -0.442 e. The molecule has 3 aromatic rings. The van der Waals surface area contributed by atoms with Crippen molar-refractivity contribution >= 4 is 28.4 Å². The van der Waals surface area contributed by atoms with E-state index in [1.165, 1.54) is 12.4 Å². The number of Topliss-reactive ketones (excluding diaryl/α,β-unsaturated/α-hetero) is 1. The van der Waals surface area contributed by atoms with E-state index in [1.54, 1.807) is 6.92 Å². The van der Waals surface area contributed by atoms with Crippen molar-refractivity contribution in [3.8, 4) is 0 Å². The highest BCUT2D eigenvalue weighted by Gasteiger charge is 2.38. The number of fused-ring (bicyclic) bond motifs is 1. The second-order valence-corrected chi connectivity index (χ2v) is 7.59. The summed E-state index contributed by atoms with van der Waals surface area (Å²) in [7, 11) is 0. The van der Waals surface area contributed by atoms with Crippen LogP contribution in [0.15, 0.2) is 28.9 Å². The van der Waals surface area contributed by atoms with Gasteiger partial charge in [0.25, 0.3) is 0 Å². The summed E-state index contributed by atoms with van der Waals surface area (Å²) in [4.78, 5) is 31.5. The predicted molar refractivity (Wildman–Crippen MR) is 104 cm³/mol. The number of carbonyl (C=O) groups is 1. The van der Waals surface area contributed by atoms with Gasteiger partial charge >= 0.3 is 5.69 Å². The van der Waals surface area contributed by atoms with E-state index in [0.717, 1.165) is 25.0 Å². The highest BCUT2D eigenvalue weighted by molar-refractivity contribution is 6.11. The van der Waals surface area contributed by atoms with Crippen LogP contribution in [-0.2, 0) is 6.42 Å². The monoisotopic (exact) mass is 398 g/mol. The van der Waals surface area contributed by atoms with Crippen LogP contribution >= 0.6 is 0 Å². The van der Waals surface area contributed by atoms with Gasteiger partial charge in [-0.05, 0) is 44.7 Å². The molecular formula is C20H19FN4O4. The van der Waals surface area contributed by atoms with Crippen molar-refractivity contribution in [3.63, 3.8) is 0 Å². The molecule has 0 bridgehead atoms. The lowest BCUT2D eigenvalue weighted by molar-refractivity contribution is -0.387. The first-order valence-corrected chi connectivity index (χ1v) is 9.26. The van der Waals surface area contributed by atoms with Crippen LogP contribution in [0.2, 0.25) is 0 Å². The molecule has 0 unspecified atom stereocenters. The molecule has 4 rings (SSSR count). The molecule has 0 aliphatic heterocycles. The van der Waals surface area contributed by atoms with Crippen molar-refractivity contribution in [1.82, 2.24) is 9.97 Å². The Morgan fingerprint density at radius 1 is 1.38 bits per heavy atom. The van der Waals surface area contributed by atoms with Gasteiger partial charge in [0.2, 0.25) is 11.5 Å². The van der Waals surface area contributed by atoms with Crippen LogP contribution in [0, 0.1) is 22.9 Å². The zero-order chi connectivity index (χ0) is 20.8. The fourth-order valence-electron chi connectivity index (χ4n) is 3.31. The third-order valence-corrected chi connectivity index (χ3v) is 5.21. The van der Waals surface area contributed by atoms with Crippen LogP contribution in [0.3, 0.4) is 0 Å². The summed E-state index contributed by atoms with van der Waals surface area (Å²) >= 11 is 0. The molecule has 1 N–H and O–H groups in total. The lowest BCUT2D eigenvalue weighted by atomic mass is 10.0. The first-order chi connectivity index (χ1) is 13.8. The maximum Gasteiger partial charge on any atom is 0.305 e. The molecule has 9 heteroatoms. The normalized spacial score (nSPS) is 14.7. The van der Waals surface area contributed by atoms with Crippen molar-refractivity contribution in [3.05, 3.63) is 57.3 Å². The number of hydrogen-bond donors (Lipinski definition) is 1. The number of aromatic nitrogens is 2. The van der Waals surface area contributed by atoms with E-state index < -0.39 is 16.4 Å². The van der Waals surface area contributed by atoms with Gasteiger partial charge in [-0.1, -0.05) is 6.07 Å². The van der Waals surface area contributed by atoms with Crippen LogP contribution in [0.4, 0.5) is 15.9 Å². The SMILES string of the molecule is Cc1oc2ncnc(NC3(C)CC3)c2c1C(=O)CCc1ccc(F)c([N+](=O)[O-])c1. The van der Waals surface area contributed by atoms with Gasteiger partial charge in [0, 0.05) is 18.0 Å². The largest absolute Gasteiger partial charge is 0.442 e. The van der Waals surface area contributed by atoms with Gasteiger partial charge in [-0.2, -0.15) is 4.39 Å². The van der Waals surface area contributed by atoms with E-state index in [9.17, 15) is 19.3 Å². The van der Waals surface area contributed by atoms with Crippen LogP contribution in [-0.4, -0.2) is 26.2 Å². The number of aryl methyl sites for hydroxylation is 2. The molecule has 0 amide bonds. The third kappa shape index (κ3) is 3.67. The van der Waals surface area contributed by atoms with Crippen molar-refractivity contribution in [2.24, 2.45) is 0 Å². The zero-order valence-electron chi connectivity index (χ0n) is 16.0. The Morgan fingerprint density at radius 2 is 2.14 bits per heavy atom. The van der Waals surface area contributed by atoms with E-state index in [0.29, 0.717) is 33.8 Å². The molecule has 2 aromatic heterocycles. The Morgan fingerprint density at radius 3 is 2.83 bits per heavy atom. The van der Waals surface area contributed by atoms with Gasteiger partial charge < -0.3 is 9.73 Å². The van der Waals surface area contributed by atoms with Crippen molar-refractivity contribution in [1.29, 1.82) is 0 Å². The van der Waals surface area contributed by atoms with E-state index in [-0.39, 0.29) is 24.2 Å². The number of benzene rings is 1. The summed E-state index contributed by atoms with van der Waals surface area (Å²) in [5, 5.41) is 14.8. The maximum atomic E-state index is 13.5. The molecule has 0 atom stereocenters. The average Bonchev–Trinajstić information content (AvgIpc) is 3.28. The standard InChI is InChI=1S/C20H19FN4O4/c1-11-16(15(26)6-4-12-3-5-13(21)14(9-12)25(27)28)17-18(24-20(2)7-8-20)22-10-23-19(17)29-11/h3,5,9-10H,4,6-8H2,1-2H3,(H,22,23,24). The molecule has 1 aromatic carbocycles. The second kappa shape index (κ2) is 6.91. The quantitative estimate of drug-likeness (QED) is 0.357. The number of anilines is 1. The number of ketones is 1. The lowest BCUT2D eigenvalue weighted by Crippen LogP contribution is -2.17. The zero-order valence-corrected chi connectivity index (χ0v) is 16.0. The summed E-state index contributed by atoms with van der Waals surface area (Å²) in [6, 6.07) is 3.65. The van der Waals surface area contributed by atoms with Crippen LogP contribution in [0.1, 0.15) is 47.9 Å². The molecule has 0 saturated heterocycles. The number of nitrogens with zero attached hydrogens (tertiary/aromatic N) is 3. The molecule has 2 heterocycles. The summed E-state index contributed by atoms with van der Waals surface area (Å²) in [5.74, 6) is -0.0811. The van der Waals surface area contributed by atoms with Crippen molar-refractivity contribution in [2.45, 2.75) is 45.1 Å². The molecule has 1 saturated carbocycles. The minimum atomic E-state index is -0.900. The average molecular weight is 398 g/mol. The number of nitrogens with one attached hydrogen (secondary N) is 1. The summed E-state index contributed by atoms with van der Waals surface area (Å²) in [6.07, 6.45) is 3.75. The van der Waals surface area contributed by atoms with Gasteiger partial charge in [0.15, 0.2) is 5.78 Å². The first kappa shape index (κ1) is 19.0. The maximum absolute atomic E-state index is 13.5. The van der Waals surface area contributed by atoms with Crippen LogP contribution in [0.25, 0.3) is 11.1 Å².